The standard InChI is InChI=1S/C16H11FN2O3S/c17-23(21,22)15-8-4-3-7-13(15)18-19-16-12-6-2-1-5-11(12)9-10-14(16)20/h1-10,20H. The second-order valence-corrected chi connectivity index (χ2v) is 6.08. The lowest BCUT2D eigenvalue weighted by Crippen LogP contribution is -1.91. The molecule has 7 heteroatoms. The smallest absolute Gasteiger partial charge is 0.334 e. The van der Waals surface area contributed by atoms with Crippen molar-refractivity contribution in [1.82, 2.24) is 0 Å². The van der Waals surface area contributed by atoms with Gasteiger partial charge in [0.1, 0.15) is 22.0 Å². The summed E-state index contributed by atoms with van der Waals surface area (Å²) in [7, 11) is -4.91. The first-order valence-electron chi connectivity index (χ1n) is 6.63. The third-order valence-electron chi connectivity index (χ3n) is 3.26. The van der Waals surface area contributed by atoms with E-state index in [0.29, 0.717) is 5.39 Å². The minimum atomic E-state index is -4.91. The first-order valence-corrected chi connectivity index (χ1v) is 8.01. The normalized spacial score (nSPS) is 12.0. The zero-order valence-electron chi connectivity index (χ0n) is 11.7. The maximum absolute atomic E-state index is 13.3. The molecule has 0 aliphatic carbocycles. The van der Waals surface area contributed by atoms with Crippen LogP contribution in [0.5, 0.6) is 5.75 Å². The van der Waals surface area contributed by atoms with Gasteiger partial charge in [0, 0.05) is 5.39 Å². The molecule has 0 fully saturated rings. The molecule has 0 saturated heterocycles. The van der Waals surface area contributed by atoms with Gasteiger partial charge in [-0.15, -0.1) is 14.1 Å². The lowest BCUT2D eigenvalue weighted by Gasteiger charge is -2.04. The number of fused-ring (bicyclic) bond motifs is 1. The van der Waals surface area contributed by atoms with Gasteiger partial charge in [0.2, 0.25) is 0 Å². The summed E-state index contributed by atoms with van der Waals surface area (Å²) in [5.41, 5.74) is 0.0523. The van der Waals surface area contributed by atoms with Crippen LogP contribution < -0.4 is 0 Å². The van der Waals surface area contributed by atoms with Crippen LogP contribution in [0.1, 0.15) is 0 Å². The average molecular weight is 330 g/mol. The molecule has 0 bridgehead atoms. The van der Waals surface area contributed by atoms with Crippen LogP contribution in [-0.4, -0.2) is 13.5 Å². The van der Waals surface area contributed by atoms with Gasteiger partial charge in [-0.25, -0.2) is 0 Å². The average Bonchev–Trinajstić information content (AvgIpc) is 2.53. The van der Waals surface area contributed by atoms with Gasteiger partial charge in [0.15, 0.2) is 0 Å². The molecule has 0 radical (unpaired) electrons. The second kappa shape index (κ2) is 5.77. The number of phenols is 1. The molecule has 1 N–H and O–H groups in total. The number of hydrogen-bond donors (Lipinski definition) is 1. The Bertz CT molecular complexity index is 1020. The van der Waals surface area contributed by atoms with Crippen LogP contribution in [0.3, 0.4) is 0 Å². The van der Waals surface area contributed by atoms with Crippen LogP contribution in [-0.2, 0) is 10.2 Å². The van der Waals surface area contributed by atoms with Gasteiger partial charge in [-0.2, -0.15) is 8.42 Å². The molecule has 0 atom stereocenters. The van der Waals surface area contributed by atoms with Gasteiger partial charge in [-0.3, -0.25) is 0 Å². The Balaban J connectivity index is 2.14. The van der Waals surface area contributed by atoms with E-state index in [4.69, 9.17) is 0 Å². The zero-order chi connectivity index (χ0) is 16.4. The third-order valence-corrected chi connectivity index (χ3v) is 4.14. The van der Waals surface area contributed by atoms with Crippen molar-refractivity contribution in [2.75, 3.05) is 0 Å². The van der Waals surface area contributed by atoms with Gasteiger partial charge in [-0.1, -0.05) is 42.5 Å². The number of rotatable bonds is 3. The van der Waals surface area contributed by atoms with E-state index >= 15 is 0 Å². The number of hydrogen-bond acceptors (Lipinski definition) is 5. The fourth-order valence-electron chi connectivity index (χ4n) is 2.20. The van der Waals surface area contributed by atoms with Crippen molar-refractivity contribution >= 4 is 32.4 Å². The summed E-state index contributed by atoms with van der Waals surface area (Å²) < 4.78 is 35.5. The highest BCUT2D eigenvalue weighted by molar-refractivity contribution is 7.86. The van der Waals surface area contributed by atoms with Gasteiger partial charge >= 0.3 is 10.2 Å². The predicted octanol–water partition coefficient (Wildman–Crippen LogP) is 4.62. The van der Waals surface area contributed by atoms with Crippen LogP contribution in [0, 0.1) is 0 Å². The lowest BCUT2D eigenvalue weighted by molar-refractivity contribution is 0.477. The Hall–Kier alpha value is -2.80. The largest absolute Gasteiger partial charge is 0.506 e. The first-order chi connectivity index (χ1) is 11.0. The van der Waals surface area contributed by atoms with Gasteiger partial charge in [0.25, 0.3) is 0 Å². The van der Waals surface area contributed by atoms with Crippen LogP contribution in [0.25, 0.3) is 10.8 Å². The van der Waals surface area contributed by atoms with Crippen LogP contribution in [0.15, 0.2) is 75.8 Å². The molecule has 3 aromatic rings. The summed E-state index contributed by atoms with van der Waals surface area (Å²) in [6, 6.07) is 15.7. The Kier molecular flexibility index (Phi) is 3.79. The van der Waals surface area contributed by atoms with Crippen molar-refractivity contribution in [2.24, 2.45) is 10.2 Å². The molecule has 0 saturated carbocycles. The molecule has 0 aromatic heterocycles. The van der Waals surface area contributed by atoms with E-state index in [2.05, 4.69) is 10.2 Å². The van der Waals surface area contributed by atoms with Crippen LogP contribution >= 0.6 is 0 Å². The summed E-state index contributed by atoms with van der Waals surface area (Å²) in [4.78, 5) is -0.566. The van der Waals surface area contributed by atoms with Gasteiger partial charge in [-0.05, 0) is 23.6 Å². The van der Waals surface area contributed by atoms with Crippen molar-refractivity contribution < 1.29 is 17.4 Å². The topological polar surface area (TPSA) is 79.1 Å². The van der Waals surface area contributed by atoms with E-state index in [1.165, 1.54) is 24.3 Å². The van der Waals surface area contributed by atoms with E-state index in [1.54, 1.807) is 18.2 Å². The van der Waals surface area contributed by atoms with Gasteiger partial charge < -0.3 is 5.11 Å². The highest BCUT2D eigenvalue weighted by atomic mass is 32.3. The lowest BCUT2D eigenvalue weighted by atomic mass is 10.1. The summed E-state index contributed by atoms with van der Waals surface area (Å²) in [5, 5.41) is 19.2. The molecule has 3 rings (SSSR count). The van der Waals surface area contributed by atoms with Crippen molar-refractivity contribution in [3.05, 3.63) is 60.7 Å². The molecule has 0 amide bonds. The summed E-state index contributed by atoms with van der Waals surface area (Å²) >= 11 is 0. The molecule has 23 heavy (non-hydrogen) atoms. The Morgan fingerprint density at radius 3 is 2.35 bits per heavy atom. The molecule has 116 valence electrons. The molecule has 0 aliphatic rings. The highest BCUT2D eigenvalue weighted by Crippen LogP contribution is 2.36. The number of halogens is 1. The molecular weight excluding hydrogens is 319 g/mol. The first kappa shape index (κ1) is 15.1. The summed E-state index contributed by atoms with van der Waals surface area (Å²) in [6.07, 6.45) is 0. The molecule has 3 aromatic carbocycles. The Labute approximate surface area is 131 Å². The third kappa shape index (κ3) is 3.04. The molecule has 0 heterocycles. The minimum Gasteiger partial charge on any atom is -0.506 e. The molecule has 0 spiro atoms. The van der Waals surface area contributed by atoms with E-state index < -0.39 is 15.1 Å². The van der Waals surface area contributed by atoms with Crippen LogP contribution in [0.4, 0.5) is 15.3 Å². The maximum Gasteiger partial charge on any atom is 0.334 e. The highest BCUT2D eigenvalue weighted by Gasteiger charge is 2.16. The summed E-state index contributed by atoms with van der Waals surface area (Å²) in [5.74, 6) is -0.104. The fraction of sp³-hybridized carbons (Fsp3) is 0. The van der Waals surface area contributed by atoms with Crippen molar-refractivity contribution in [2.45, 2.75) is 4.90 Å². The monoisotopic (exact) mass is 330 g/mol. The number of phenolic OH excluding ortho intramolecular Hbond substituents is 1. The van der Waals surface area contributed by atoms with Crippen LogP contribution in [0.2, 0.25) is 0 Å². The van der Waals surface area contributed by atoms with E-state index in [1.807, 2.05) is 12.1 Å². The van der Waals surface area contributed by atoms with Crippen molar-refractivity contribution in [3.63, 3.8) is 0 Å². The van der Waals surface area contributed by atoms with Crippen molar-refractivity contribution in [3.8, 4) is 5.75 Å². The molecular formula is C16H11FN2O3S. The molecule has 0 aliphatic heterocycles. The second-order valence-electron chi connectivity index (χ2n) is 4.76. The quantitative estimate of drug-likeness (QED) is 0.562. The fourth-order valence-corrected chi connectivity index (χ4v) is 2.80. The number of benzene rings is 3. The number of nitrogens with zero attached hydrogens (tertiary/aromatic N) is 2. The predicted molar refractivity (Wildman–Crippen MR) is 84.5 cm³/mol. The Morgan fingerprint density at radius 1 is 0.870 bits per heavy atom. The zero-order valence-corrected chi connectivity index (χ0v) is 12.5. The maximum atomic E-state index is 13.3. The Morgan fingerprint density at radius 2 is 1.57 bits per heavy atom. The minimum absolute atomic E-state index is 0.104. The molecule has 5 nitrogen and oxygen atoms in total. The number of azo groups is 1. The van der Waals surface area contributed by atoms with E-state index in [9.17, 15) is 17.4 Å². The van der Waals surface area contributed by atoms with Gasteiger partial charge in [0.05, 0.1) is 0 Å². The van der Waals surface area contributed by atoms with E-state index in [-0.39, 0.29) is 17.1 Å². The van der Waals surface area contributed by atoms with Crippen molar-refractivity contribution in [1.29, 1.82) is 0 Å². The molecule has 0 unspecified atom stereocenters. The number of aromatic hydroxyl groups is 1. The van der Waals surface area contributed by atoms with E-state index in [0.717, 1.165) is 11.5 Å². The SMILES string of the molecule is O=S(=O)(F)c1ccccc1N=Nc1c(O)ccc2ccccc12. The summed E-state index contributed by atoms with van der Waals surface area (Å²) in [6.45, 7) is 0.